The van der Waals surface area contributed by atoms with Crippen LogP contribution in [0.4, 0.5) is 4.39 Å². The molecule has 0 spiro atoms. The van der Waals surface area contributed by atoms with E-state index in [1.807, 2.05) is 55.5 Å². The van der Waals surface area contributed by atoms with E-state index in [-0.39, 0.29) is 24.1 Å². The van der Waals surface area contributed by atoms with Crippen LogP contribution < -0.4 is 5.32 Å². The zero-order valence-corrected chi connectivity index (χ0v) is 21.8. The Morgan fingerprint density at radius 2 is 1.65 bits per heavy atom. The minimum absolute atomic E-state index is 0.0944. The summed E-state index contributed by atoms with van der Waals surface area (Å²) in [5, 5.41) is 2.99. The van der Waals surface area contributed by atoms with E-state index in [9.17, 15) is 9.18 Å². The molecule has 2 aliphatic carbocycles. The van der Waals surface area contributed by atoms with Crippen LogP contribution >= 0.6 is 0 Å². The topological polar surface area (TPSA) is 66.0 Å². The number of hydrogen-bond donors (Lipinski definition) is 1. The van der Waals surface area contributed by atoms with Crippen LogP contribution in [0.3, 0.4) is 0 Å². The first-order chi connectivity index (χ1) is 17.9. The summed E-state index contributed by atoms with van der Waals surface area (Å²) < 4.78 is 36.7. The van der Waals surface area contributed by atoms with E-state index in [4.69, 9.17) is 18.9 Å². The minimum atomic E-state index is -1.29. The van der Waals surface area contributed by atoms with Gasteiger partial charge in [-0.15, -0.1) is 0 Å². The van der Waals surface area contributed by atoms with E-state index in [1.54, 1.807) is 6.07 Å². The van der Waals surface area contributed by atoms with Crippen molar-refractivity contribution in [2.24, 2.45) is 0 Å². The quantitative estimate of drug-likeness (QED) is 0.463. The van der Waals surface area contributed by atoms with Crippen LogP contribution in [0.2, 0.25) is 0 Å². The summed E-state index contributed by atoms with van der Waals surface area (Å²) in [6.07, 6.45) is 5.84. The lowest BCUT2D eigenvalue weighted by Gasteiger charge is -2.35. The average molecular weight is 506 g/mol. The van der Waals surface area contributed by atoms with Gasteiger partial charge in [-0.2, -0.15) is 0 Å². The Labute approximate surface area is 217 Å². The van der Waals surface area contributed by atoms with Gasteiger partial charge in [0.1, 0.15) is 5.82 Å². The van der Waals surface area contributed by atoms with Crippen molar-refractivity contribution in [1.82, 2.24) is 5.32 Å². The summed E-state index contributed by atoms with van der Waals surface area (Å²) in [6, 6.07) is 14.5. The fourth-order valence-corrected chi connectivity index (χ4v) is 4.99. The summed E-state index contributed by atoms with van der Waals surface area (Å²) in [5.74, 6) is -1.11. The Bertz CT molecular complexity index is 1260. The molecule has 0 saturated carbocycles. The van der Waals surface area contributed by atoms with Gasteiger partial charge in [0, 0.05) is 33.1 Å². The van der Waals surface area contributed by atoms with Crippen LogP contribution in [0.1, 0.15) is 36.0 Å². The number of benzene rings is 2. The molecule has 37 heavy (non-hydrogen) atoms. The Hall–Kier alpha value is -3.68. The number of allylic oxidation sites excluding steroid dienone is 6. The molecule has 6 nitrogen and oxygen atoms in total. The van der Waals surface area contributed by atoms with Crippen LogP contribution in [-0.4, -0.2) is 40.1 Å². The predicted octanol–water partition coefficient (Wildman–Crippen LogP) is 5.39. The van der Waals surface area contributed by atoms with Crippen LogP contribution in [0, 0.1) is 5.82 Å². The molecule has 1 atom stereocenters. The van der Waals surface area contributed by atoms with Crippen molar-refractivity contribution in [3.05, 3.63) is 112 Å². The van der Waals surface area contributed by atoms with Gasteiger partial charge in [0.2, 0.25) is 5.91 Å². The molecule has 2 aromatic carbocycles. The molecule has 1 amide bonds. The largest absolute Gasteiger partial charge is 0.495 e. The monoisotopic (exact) mass is 505 g/mol. The number of amides is 1. The second-order valence-corrected chi connectivity index (χ2v) is 8.94. The SMILES string of the molecule is COC1=CC(=CC2=C(C)C(CC(=O)NCc3ccccc3)c3cc(F)ccc32)C=C(OC)C1(OC)OC. The standard InChI is InChI=1S/C30H32FNO5/c1-19-24(13-21-14-27(34-2)30(36-4,37-5)28(15-21)35-3)23-12-11-22(31)16-26(23)25(19)17-29(33)32-18-20-9-7-6-8-10-20/h6-16,25H,17-18H2,1-5H3,(H,32,33). The highest BCUT2D eigenvalue weighted by atomic mass is 19.1. The molecular weight excluding hydrogens is 473 g/mol. The summed E-state index contributed by atoms with van der Waals surface area (Å²) in [5.41, 5.74) is 5.41. The normalized spacial score (nSPS) is 18.1. The summed E-state index contributed by atoms with van der Waals surface area (Å²) in [4.78, 5) is 12.9. The molecule has 2 aliphatic rings. The van der Waals surface area contributed by atoms with Crippen molar-refractivity contribution >= 4 is 11.5 Å². The lowest BCUT2D eigenvalue weighted by atomic mass is 9.92. The van der Waals surface area contributed by atoms with E-state index < -0.39 is 5.79 Å². The molecule has 0 fully saturated rings. The van der Waals surface area contributed by atoms with Crippen molar-refractivity contribution in [2.45, 2.75) is 31.6 Å². The van der Waals surface area contributed by atoms with Crippen molar-refractivity contribution in [2.75, 3.05) is 28.4 Å². The molecule has 0 heterocycles. The van der Waals surface area contributed by atoms with Gasteiger partial charge in [0.25, 0.3) is 5.79 Å². The molecule has 194 valence electrons. The Kier molecular flexibility index (Phi) is 7.95. The average Bonchev–Trinajstić information content (AvgIpc) is 3.16. The zero-order chi connectivity index (χ0) is 26.6. The van der Waals surface area contributed by atoms with E-state index >= 15 is 0 Å². The molecule has 2 aromatic rings. The first kappa shape index (κ1) is 26.4. The fourth-order valence-electron chi connectivity index (χ4n) is 4.99. The molecule has 0 aliphatic heterocycles. The third-order valence-electron chi connectivity index (χ3n) is 6.92. The second-order valence-electron chi connectivity index (χ2n) is 8.94. The van der Waals surface area contributed by atoms with Crippen LogP contribution in [0.5, 0.6) is 0 Å². The second kappa shape index (κ2) is 11.2. The predicted molar refractivity (Wildman–Crippen MR) is 140 cm³/mol. The molecule has 0 saturated heterocycles. The number of methoxy groups -OCH3 is 4. The molecule has 4 rings (SSSR count). The van der Waals surface area contributed by atoms with Gasteiger partial charge in [-0.25, -0.2) is 4.39 Å². The smallest absolute Gasteiger partial charge is 0.287 e. The highest BCUT2D eigenvalue weighted by Crippen LogP contribution is 2.46. The Morgan fingerprint density at radius 3 is 2.24 bits per heavy atom. The third kappa shape index (κ3) is 5.10. The number of carbonyl (C=O) groups is 1. The number of ether oxygens (including phenoxy) is 4. The van der Waals surface area contributed by atoms with Gasteiger partial charge in [-0.05, 0) is 65.1 Å². The fraction of sp³-hybridized carbons (Fsp3) is 0.300. The van der Waals surface area contributed by atoms with Gasteiger partial charge in [-0.3, -0.25) is 4.79 Å². The number of fused-ring (bicyclic) bond motifs is 1. The first-order valence-corrected chi connectivity index (χ1v) is 12.0. The lowest BCUT2D eigenvalue weighted by Crippen LogP contribution is -2.41. The summed E-state index contributed by atoms with van der Waals surface area (Å²) >= 11 is 0. The van der Waals surface area contributed by atoms with Crippen LogP contribution in [0.15, 0.2) is 89.4 Å². The highest BCUT2D eigenvalue weighted by molar-refractivity contribution is 5.88. The summed E-state index contributed by atoms with van der Waals surface area (Å²) in [7, 11) is 6.10. The Morgan fingerprint density at radius 1 is 1.00 bits per heavy atom. The van der Waals surface area contributed by atoms with Crippen LogP contribution in [-0.2, 0) is 30.3 Å². The summed E-state index contributed by atoms with van der Waals surface area (Å²) in [6.45, 7) is 2.43. The molecule has 0 aromatic heterocycles. The van der Waals surface area contributed by atoms with Crippen molar-refractivity contribution in [1.29, 1.82) is 0 Å². The van der Waals surface area contributed by atoms with Crippen molar-refractivity contribution in [3.63, 3.8) is 0 Å². The van der Waals surface area contributed by atoms with E-state index in [2.05, 4.69) is 5.32 Å². The van der Waals surface area contributed by atoms with E-state index in [0.29, 0.717) is 18.1 Å². The van der Waals surface area contributed by atoms with Crippen LogP contribution in [0.25, 0.3) is 5.57 Å². The van der Waals surface area contributed by atoms with Gasteiger partial charge in [0.05, 0.1) is 14.2 Å². The molecular formula is C30H32FNO5. The van der Waals surface area contributed by atoms with Gasteiger partial charge in [-0.1, -0.05) is 42.0 Å². The number of nitrogens with one attached hydrogen (secondary N) is 1. The maximum Gasteiger partial charge on any atom is 0.287 e. The maximum atomic E-state index is 14.3. The maximum absolute atomic E-state index is 14.3. The molecule has 1 N–H and O–H groups in total. The van der Waals surface area contributed by atoms with E-state index in [1.165, 1.54) is 40.6 Å². The van der Waals surface area contributed by atoms with Gasteiger partial charge < -0.3 is 24.3 Å². The van der Waals surface area contributed by atoms with Gasteiger partial charge >= 0.3 is 0 Å². The molecule has 0 bridgehead atoms. The van der Waals surface area contributed by atoms with Gasteiger partial charge in [0.15, 0.2) is 11.5 Å². The molecule has 0 radical (unpaired) electrons. The number of halogens is 1. The van der Waals surface area contributed by atoms with Crippen molar-refractivity contribution < 1.29 is 28.1 Å². The molecule has 1 unspecified atom stereocenters. The molecule has 7 heteroatoms. The first-order valence-electron chi connectivity index (χ1n) is 12.0. The third-order valence-corrected chi connectivity index (χ3v) is 6.92. The van der Waals surface area contributed by atoms with E-state index in [0.717, 1.165) is 33.4 Å². The van der Waals surface area contributed by atoms with Crippen molar-refractivity contribution in [3.8, 4) is 0 Å². The Balaban J connectivity index is 1.68. The number of rotatable bonds is 9. The highest BCUT2D eigenvalue weighted by Gasteiger charge is 2.44. The zero-order valence-electron chi connectivity index (χ0n) is 21.8. The number of carbonyl (C=O) groups excluding carboxylic acids is 1. The number of hydrogen-bond acceptors (Lipinski definition) is 5. The minimum Gasteiger partial charge on any atom is -0.495 e. The lowest BCUT2D eigenvalue weighted by molar-refractivity contribution is -0.195.